The number of unbranched alkanes of at least 4 members (excludes halogenated alkanes) is 13. The van der Waals surface area contributed by atoms with Crippen LogP contribution in [0.3, 0.4) is 0 Å². The molecule has 0 saturated heterocycles. The number of sulfonamides is 1. The van der Waals surface area contributed by atoms with Crippen LogP contribution < -0.4 is 4.72 Å². The summed E-state index contributed by atoms with van der Waals surface area (Å²) in [5, 5.41) is 0. The lowest BCUT2D eigenvalue weighted by molar-refractivity contribution is -0.117. The summed E-state index contributed by atoms with van der Waals surface area (Å²) in [6.45, 7) is 3.94. The first-order valence-electron chi connectivity index (χ1n) is 10.5. The van der Waals surface area contributed by atoms with Gasteiger partial charge in [0.25, 0.3) is 0 Å². The summed E-state index contributed by atoms with van der Waals surface area (Å²) in [6.07, 6.45) is 17.9. The minimum Gasteiger partial charge on any atom is -0.298 e. The highest BCUT2D eigenvalue weighted by Crippen LogP contribution is 2.13. The van der Waals surface area contributed by atoms with Crippen LogP contribution in [-0.2, 0) is 14.8 Å². The predicted octanol–water partition coefficient (Wildman–Crippen LogP) is 5.37. The molecule has 150 valence electrons. The molecule has 1 N–H and O–H groups in total. The number of carbonyl (C=O) groups is 1. The average molecular weight is 376 g/mol. The van der Waals surface area contributed by atoms with Gasteiger partial charge in [-0.1, -0.05) is 97.3 Å². The minimum absolute atomic E-state index is 0.0581. The maximum Gasteiger partial charge on any atom is 0.211 e. The second-order valence-electron chi connectivity index (χ2n) is 7.13. The third-order valence-electron chi connectivity index (χ3n) is 4.65. The SMILES string of the molecule is CCCCCCCCCCCCCCCCS(=O)(=O)NCC(=O)CC. The number of hydrogen-bond acceptors (Lipinski definition) is 3. The number of ketones is 1. The van der Waals surface area contributed by atoms with Gasteiger partial charge in [-0.25, -0.2) is 13.1 Å². The molecule has 0 aromatic heterocycles. The number of carbonyl (C=O) groups excluding carboxylic acids is 1. The summed E-state index contributed by atoms with van der Waals surface area (Å²) < 4.78 is 25.8. The summed E-state index contributed by atoms with van der Waals surface area (Å²) in [5.74, 6) is 0.0757. The van der Waals surface area contributed by atoms with E-state index >= 15 is 0 Å². The van der Waals surface area contributed by atoms with E-state index in [1.54, 1.807) is 6.92 Å². The quantitative estimate of drug-likeness (QED) is 0.309. The Bertz CT molecular complexity index is 407. The van der Waals surface area contributed by atoms with Gasteiger partial charge in [0.2, 0.25) is 10.0 Å². The highest BCUT2D eigenvalue weighted by molar-refractivity contribution is 7.89. The number of rotatable bonds is 19. The summed E-state index contributed by atoms with van der Waals surface area (Å²) in [7, 11) is -3.27. The van der Waals surface area contributed by atoms with Crippen LogP contribution in [0.5, 0.6) is 0 Å². The van der Waals surface area contributed by atoms with Gasteiger partial charge in [0.15, 0.2) is 0 Å². The van der Waals surface area contributed by atoms with Crippen molar-refractivity contribution in [1.82, 2.24) is 4.72 Å². The maximum absolute atomic E-state index is 11.7. The lowest BCUT2D eigenvalue weighted by atomic mass is 10.0. The molecule has 0 aliphatic heterocycles. The van der Waals surface area contributed by atoms with E-state index in [0.29, 0.717) is 12.8 Å². The predicted molar refractivity (Wildman–Crippen MR) is 107 cm³/mol. The van der Waals surface area contributed by atoms with Gasteiger partial charge in [0, 0.05) is 6.42 Å². The van der Waals surface area contributed by atoms with Gasteiger partial charge in [0.1, 0.15) is 5.78 Å². The Morgan fingerprint density at radius 2 is 1.08 bits per heavy atom. The van der Waals surface area contributed by atoms with Crippen LogP contribution in [0.4, 0.5) is 0 Å². The van der Waals surface area contributed by atoms with Gasteiger partial charge in [-0.3, -0.25) is 4.79 Å². The van der Waals surface area contributed by atoms with Crippen molar-refractivity contribution in [2.24, 2.45) is 0 Å². The number of nitrogens with one attached hydrogen (secondary N) is 1. The fourth-order valence-corrected chi connectivity index (χ4v) is 3.98. The normalized spacial score (nSPS) is 11.8. The van der Waals surface area contributed by atoms with Gasteiger partial charge in [-0.2, -0.15) is 0 Å². The zero-order valence-corrected chi connectivity index (χ0v) is 17.5. The van der Waals surface area contributed by atoms with Gasteiger partial charge in [0.05, 0.1) is 12.3 Å². The smallest absolute Gasteiger partial charge is 0.211 e. The van der Waals surface area contributed by atoms with Crippen LogP contribution in [0.2, 0.25) is 0 Å². The molecule has 0 aromatic rings. The third kappa shape index (κ3) is 18.2. The van der Waals surface area contributed by atoms with Crippen LogP contribution in [0.1, 0.15) is 110 Å². The van der Waals surface area contributed by atoms with E-state index in [-0.39, 0.29) is 18.1 Å². The number of Topliss-reactive ketones (excluding diaryl/α,β-unsaturated/α-hetero) is 1. The molecule has 0 aliphatic carbocycles. The largest absolute Gasteiger partial charge is 0.298 e. The second kappa shape index (κ2) is 17.0. The average Bonchev–Trinajstić information content (AvgIpc) is 2.60. The Morgan fingerprint density at radius 1 is 0.680 bits per heavy atom. The van der Waals surface area contributed by atoms with Crippen molar-refractivity contribution >= 4 is 15.8 Å². The van der Waals surface area contributed by atoms with E-state index in [4.69, 9.17) is 0 Å². The Labute approximate surface area is 156 Å². The molecule has 0 heterocycles. The van der Waals surface area contributed by atoms with Crippen molar-refractivity contribution in [2.45, 2.75) is 110 Å². The van der Waals surface area contributed by atoms with E-state index in [9.17, 15) is 13.2 Å². The molecule has 0 aliphatic rings. The Balaban J connectivity index is 3.31. The zero-order chi connectivity index (χ0) is 18.8. The summed E-state index contributed by atoms with van der Waals surface area (Å²) in [6, 6.07) is 0. The molecule has 0 aromatic carbocycles. The molecule has 0 saturated carbocycles. The van der Waals surface area contributed by atoms with Crippen molar-refractivity contribution < 1.29 is 13.2 Å². The fourth-order valence-electron chi connectivity index (χ4n) is 2.87. The fraction of sp³-hybridized carbons (Fsp3) is 0.950. The highest BCUT2D eigenvalue weighted by Gasteiger charge is 2.10. The third-order valence-corrected chi connectivity index (χ3v) is 6.06. The standard InChI is InChI=1S/C20H41NO3S/c1-3-5-6-7-8-9-10-11-12-13-14-15-16-17-18-25(23,24)21-19-20(22)4-2/h21H,3-19H2,1-2H3. The number of hydrogen-bond donors (Lipinski definition) is 1. The van der Waals surface area contributed by atoms with Crippen molar-refractivity contribution in [1.29, 1.82) is 0 Å². The lowest BCUT2D eigenvalue weighted by Crippen LogP contribution is -2.31. The van der Waals surface area contributed by atoms with E-state index in [0.717, 1.165) is 12.8 Å². The van der Waals surface area contributed by atoms with Gasteiger partial charge < -0.3 is 0 Å². The highest BCUT2D eigenvalue weighted by atomic mass is 32.2. The van der Waals surface area contributed by atoms with Crippen molar-refractivity contribution in [3.05, 3.63) is 0 Å². The van der Waals surface area contributed by atoms with Crippen LogP contribution in [0.15, 0.2) is 0 Å². The summed E-state index contributed by atoms with van der Waals surface area (Å²) >= 11 is 0. The molecule has 0 spiro atoms. The van der Waals surface area contributed by atoms with Gasteiger partial charge in [-0.05, 0) is 6.42 Å². The minimum atomic E-state index is -3.27. The second-order valence-corrected chi connectivity index (χ2v) is 9.05. The molecule has 25 heavy (non-hydrogen) atoms. The molecule has 0 atom stereocenters. The first-order valence-corrected chi connectivity index (χ1v) is 12.2. The molecule has 0 unspecified atom stereocenters. The molecular weight excluding hydrogens is 334 g/mol. The topological polar surface area (TPSA) is 63.2 Å². The van der Waals surface area contributed by atoms with E-state index < -0.39 is 10.0 Å². The molecule has 0 amide bonds. The van der Waals surface area contributed by atoms with E-state index in [2.05, 4.69) is 11.6 Å². The van der Waals surface area contributed by atoms with Crippen molar-refractivity contribution in [2.75, 3.05) is 12.3 Å². The monoisotopic (exact) mass is 375 g/mol. The van der Waals surface area contributed by atoms with Crippen LogP contribution in [0, 0.1) is 0 Å². The van der Waals surface area contributed by atoms with Crippen molar-refractivity contribution in [3.63, 3.8) is 0 Å². The van der Waals surface area contributed by atoms with E-state index in [1.165, 1.54) is 70.6 Å². The molecule has 4 nitrogen and oxygen atoms in total. The molecular formula is C20H41NO3S. The molecule has 0 fully saturated rings. The van der Waals surface area contributed by atoms with Crippen LogP contribution in [0.25, 0.3) is 0 Å². The molecule has 5 heteroatoms. The lowest BCUT2D eigenvalue weighted by Gasteiger charge is -2.06. The van der Waals surface area contributed by atoms with Crippen molar-refractivity contribution in [3.8, 4) is 0 Å². The Hall–Kier alpha value is -0.420. The summed E-state index contributed by atoms with van der Waals surface area (Å²) in [4.78, 5) is 11.1. The van der Waals surface area contributed by atoms with Gasteiger partial charge in [-0.15, -0.1) is 0 Å². The van der Waals surface area contributed by atoms with Crippen LogP contribution in [-0.4, -0.2) is 26.5 Å². The zero-order valence-electron chi connectivity index (χ0n) is 16.7. The molecule has 0 bridgehead atoms. The van der Waals surface area contributed by atoms with E-state index in [1.807, 2.05) is 0 Å². The first kappa shape index (κ1) is 24.6. The maximum atomic E-state index is 11.7. The molecule has 0 radical (unpaired) electrons. The Morgan fingerprint density at radius 3 is 1.48 bits per heavy atom. The summed E-state index contributed by atoms with van der Waals surface area (Å²) in [5.41, 5.74) is 0. The first-order chi connectivity index (χ1) is 12.0. The van der Waals surface area contributed by atoms with Crippen LogP contribution >= 0.6 is 0 Å². The van der Waals surface area contributed by atoms with Gasteiger partial charge >= 0.3 is 0 Å². The molecule has 0 rings (SSSR count). The Kier molecular flexibility index (Phi) is 16.7.